The van der Waals surface area contributed by atoms with E-state index >= 15 is 0 Å². The second kappa shape index (κ2) is 6.75. The van der Waals surface area contributed by atoms with Crippen LogP contribution in [0.5, 0.6) is 0 Å². The Kier molecular flexibility index (Phi) is 4.32. The van der Waals surface area contributed by atoms with Crippen molar-refractivity contribution in [3.05, 3.63) is 60.4 Å². The Labute approximate surface area is 142 Å². The maximum atomic E-state index is 9.59. The quantitative estimate of drug-likeness (QED) is 0.775. The maximum absolute atomic E-state index is 9.59. The van der Waals surface area contributed by atoms with E-state index < -0.39 is 0 Å². The van der Waals surface area contributed by atoms with Gasteiger partial charge in [0.05, 0.1) is 23.2 Å². The molecule has 0 aliphatic heterocycles. The summed E-state index contributed by atoms with van der Waals surface area (Å²) in [6.45, 7) is 1.01. The summed E-state index contributed by atoms with van der Waals surface area (Å²) in [4.78, 5) is 4.46. The van der Waals surface area contributed by atoms with Gasteiger partial charge in [0.25, 0.3) is 0 Å². The van der Waals surface area contributed by atoms with Crippen molar-refractivity contribution in [1.82, 2.24) is 9.55 Å². The SMILES string of the molecule is OC1CCC([NH2+]Cc2ccc(-n3cnc4ccccc43)cc2)CC1. The van der Waals surface area contributed by atoms with E-state index in [1.165, 1.54) is 5.56 Å². The summed E-state index contributed by atoms with van der Waals surface area (Å²) in [7, 11) is 0. The van der Waals surface area contributed by atoms with E-state index in [9.17, 15) is 5.11 Å². The molecule has 1 aliphatic rings. The molecule has 1 fully saturated rings. The van der Waals surface area contributed by atoms with Crippen molar-refractivity contribution in [2.24, 2.45) is 0 Å². The zero-order chi connectivity index (χ0) is 16.4. The first-order valence-electron chi connectivity index (χ1n) is 8.82. The Bertz CT molecular complexity index is 801. The number of benzene rings is 2. The number of nitrogens with zero attached hydrogens (tertiary/aromatic N) is 2. The molecule has 24 heavy (non-hydrogen) atoms. The van der Waals surface area contributed by atoms with E-state index in [0.717, 1.165) is 48.9 Å². The summed E-state index contributed by atoms with van der Waals surface area (Å²) in [5.74, 6) is 0. The number of aliphatic hydroxyl groups excluding tert-OH is 1. The van der Waals surface area contributed by atoms with Crippen LogP contribution in [0.15, 0.2) is 54.9 Å². The molecule has 4 rings (SSSR count). The number of nitrogens with two attached hydrogens (primary N) is 1. The van der Waals surface area contributed by atoms with E-state index in [1.54, 1.807) is 0 Å². The van der Waals surface area contributed by atoms with Gasteiger partial charge in [0.15, 0.2) is 0 Å². The monoisotopic (exact) mass is 322 g/mol. The van der Waals surface area contributed by atoms with Crippen molar-refractivity contribution < 1.29 is 10.4 Å². The van der Waals surface area contributed by atoms with Gasteiger partial charge in [0.1, 0.15) is 12.9 Å². The minimum absolute atomic E-state index is 0.0704. The first kappa shape index (κ1) is 15.4. The van der Waals surface area contributed by atoms with Crippen molar-refractivity contribution in [2.75, 3.05) is 0 Å². The van der Waals surface area contributed by atoms with Gasteiger partial charge < -0.3 is 10.4 Å². The molecule has 0 amide bonds. The molecule has 0 atom stereocenters. The number of imidazole rings is 1. The molecule has 1 aliphatic carbocycles. The molecule has 3 aromatic rings. The van der Waals surface area contributed by atoms with E-state index in [1.807, 2.05) is 24.5 Å². The lowest BCUT2D eigenvalue weighted by molar-refractivity contribution is -0.707. The fraction of sp³-hybridized carbons (Fsp3) is 0.350. The summed E-state index contributed by atoms with van der Waals surface area (Å²) in [6.07, 6.45) is 5.97. The minimum Gasteiger partial charge on any atom is -0.393 e. The minimum atomic E-state index is -0.0704. The third-order valence-corrected chi connectivity index (χ3v) is 5.10. The molecule has 3 N–H and O–H groups in total. The summed E-state index contributed by atoms with van der Waals surface area (Å²) in [6, 6.07) is 17.6. The highest BCUT2D eigenvalue weighted by Crippen LogP contribution is 2.18. The molecule has 0 radical (unpaired) electrons. The molecule has 0 unspecified atom stereocenters. The standard InChI is InChI=1S/C20H23N3O/c24-18-11-7-16(8-12-18)21-13-15-5-9-17(10-6-15)23-14-22-19-3-1-2-4-20(19)23/h1-6,9-10,14,16,18,21,24H,7-8,11-13H2/p+1. The zero-order valence-corrected chi connectivity index (χ0v) is 13.8. The van der Waals surface area contributed by atoms with Crippen LogP contribution in [-0.2, 0) is 6.54 Å². The zero-order valence-electron chi connectivity index (χ0n) is 13.8. The molecule has 0 saturated heterocycles. The van der Waals surface area contributed by atoms with Gasteiger partial charge in [-0.2, -0.15) is 0 Å². The molecule has 2 aromatic carbocycles. The topological polar surface area (TPSA) is 54.7 Å². The molecule has 1 saturated carbocycles. The van der Waals surface area contributed by atoms with E-state index in [-0.39, 0.29) is 6.10 Å². The van der Waals surface area contributed by atoms with Gasteiger partial charge in [-0.3, -0.25) is 4.57 Å². The fourth-order valence-electron chi connectivity index (χ4n) is 3.60. The lowest BCUT2D eigenvalue weighted by Gasteiger charge is -2.23. The number of rotatable bonds is 4. The number of hydrogen-bond donors (Lipinski definition) is 2. The predicted molar refractivity (Wildman–Crippen MR) is 95.0 cm³/mol. The van der Waals surface area contributed by atoms with Crippen LogP contribution < -0.4 is 5.32 Å². The fourth-order valence-corrected chi connectivity index (χ4v) is 3.60. The predicted octanol–water partition coefficient (Wildman–Crippen LogP) is 2.39. The van der Waals surface area contributed by atoms with Crippen LogP contribution in [0, 0.1) is 0 Å². The summed E-state index contributed by atoms with van der Waals surface area (Å²) >= 11 is 0. The molecule has 1 aromatic heterocycles. The van der Waals surface area contributed by atoms with Crippen molar-refractivity contribution in [1.29, 1.82) is 0 Å². The molecule has 0 bridgehead atoms. The van der Waals surface area contributed by atoms with Gasteiger partial charge in [-0.15, -0.1) is 0 Å². The van der Waals surface area contributed by atoms with Crippen LogP contribution in [0.4, 0.5) is 0 Å². The molecule has 124 valence electrons. The van der Waals surface area contributed by atoms with Crippen molar-refractivity contribution in [3.63, 3.8) is 0 Å². The number of aromatic nitrogens is 2. The van der Waals surface area contributed by atoms with Crippen molar-refractivity contribution in [3.8, 4) is 5.69 Å². The van der Waals surface area contributed by atoms with E-state index in [2.05, 4.69) is 45.2 Å². The highest BCUT2D eigenvalue weighted by atomic mass is 16.3. The molecular weight excluding hydrogens is 298 g/mol. The Balaban J connectivity index is 1.43. The summed E-state index contributed by atoms with van der Waals surface area (Å²) in [5, 5.41) is 12.0. The third-order valence-electron chi connectivity index (χ3n) is 5.10. The summed E-state index contributed by atoms with van der Waals surface area (Å²) < 4.78 is 2.13. The number of para-hydroxylation sites is 2. The average Bonchev–Trinajstić information content (AvgIpc) is 3.06. The van der Waals surface area contributed by atoms with Crippen LogP contribution in [0.3, 0.4) is 0 Å². The lowest BCUT2D eigenvalue weighted by Crippen LogP contribution is -2.88. The third kappa shape index (κ3) is 3.21. The highest BCUT2D eigenvalue weighted by molar-refractivity contribution is 5.77. The Hall–Kier alpha value is -2.17. The molecule has 1 heterocycles. The smallest absolute Gasteiger partial charge is 0.101 e. The molecule has 4 nitrogen and oxygen atoms in total. The number of hydrogen-bond acceptors (Lipinski definition) is 2. The van der Waals surface area contributed by atoms with Gasteiger partial charge in [-0.05, 0) is 37.1 Å². The van der Waals surface area contributed by atoms with Crippen LogP contribution >= 0.6 is 0 Å². The van der Waals surface area contributed by atoms with Gasteiger partial charge >= 0.3 is 0 Å². The average molecular weight is 322 g/mol. The number of aliphatic hydroxyl groups is 1. The number of fused-ring (bicyclic) bond motifs is 1. The second-order valence-electron chi connectivity index (χ2n) is 6.78. The maximum Gasteiger partial charge on any atom is 0.101 e. The molecule has 0 spiro atoms. The molecular formula is C20H24N3O+. The Morgan fingerprint density at radius 1 is 1.00 bits per heavy atom. The van der Waals surface area contributed by atoms with Crippen LogP contribution in [0.1, 0.15) is 31.2 Å². The van der Waals surface area contributed by atoms with Crippen LogP contribution in [0.2, 0.25) is 0 Å². The summed E-state index contributed by atoms with van der Waals surface area (Å²) in [5.41, 5.74) is 4.65. The highest BCUT2D eigenvalue weighted by Gasteiger charge is 2.21. The van der Waals surface area contributed by atoms with Gasteiger partial charge in [0, 0.05) is 24.1 Å². The van der Waals surface area contributed by atoms with Crippen LogP contribution in [-0.4, -0.2) is 26.8 Å². The number of quaternary nitrogens is 1. The van der Waals surface area contributed by atoms with Crippen molar-refractivity contribution >= 4 is 11.0 Å². The first-order valence-corrected chi connectivity index (χ1v) is 8.82. The van der Waals surface area contributed by atoms with Crippen LogP contribution in [0.25, 0.3) is 16.7 Å². The van der Waals surface area contributed by atoms with E-state index in [4.69, 9.17) is 0 Å². The lowest BCUT2D eigenvalue weighted by atomic mass is 9.93. The first-order chi connectivity index (χ1) is 11.8. The van der Waals surface area contributed by atoms with Gasteiger partial charge in [-0.25, -0.2) is 4.98 Å². The normalized spacial score (nSPS) is 21.2. The molecule has 4 heteroatoms. The van der Waals surface area contributed by atoms with Gasteiger partial charge in [-0.1, -0.05) is 24.3 Å². The van der Waals surface area contributed by atoms with Crippen molar-refractivity contribution in [2.45, 2.75) is 44.4 Å². The second-order valence-corrected chi connectivity index (χ2v) is 6.78. The largest absolute Gasteiger partial charge is 0.393 e. The van der Waals surface area contributed by atoms with Gasteiger partial charge in [0.2, 0.25) is 0 Å². The Morgan fingerprint density at radius 3 is 2.54 bits per heavy atom. The van der Waals surface area contributed by atoms with E-state index in [0.29, 0.717) is 6.04 Å². The Morgan fingerprint density at radius 2 is 1.75 bits per heavy atom.